The van der Waals surface area contributed by atoms with Gasteiger partial charge in [0, 0.05) is 32.2 Å². The molecule has 3 nitrogen and oxygen atoms in total. The van der Waals surface area contributed by atoms with Gasteiger partial charge in [0.05, 0.1) is 0 Å². The Bertz CT molecular complexity index is 147. The molecule has 0 aliphatic carbocycles. The zero-order chi connectivity index (χ0) is 11.1. The van der Waals surface area contributed by atoms with E-state index in [-0.39, 0.29) is 0 Å². The summed E-state index contributed by atoms with van der Waals surface area (Å²) in [6.45, 7) is 11.5. The van der Waals surface area contributed by atoms with Gasteiger partial charge in [0.2, 0.25) is 0 Å². The van der Waals surface area contributed by atoms with Crippen LogP contribution < -0.4 is 5.32 Å². The molecule has 0 radical (unpaired) electrons. The number of nitrogens with zero attached hydrogens (tertiary/aromatic N) is 2. The normalized spacial score (nSPS) is 25.8. The Morgan fingerprint density at radius 3 is 2.00 bits per heavy atom. The first kappa shape index (κ1) is 12.9. The number of piperidine rings is 1. The van der Waals surface area contributed by atoms with Gasteiger partial charge >= 0.3 is 0 Å². The molecule has 2 aliphatic rings. The molecule has 0 unspecified atom stereocenters. The van der Waals surface area contributed by atoms with Gasteiger partial charge in [0.15, 0.2) is 0 Å². The van der Waals surface area contributed by atoms with Gasteiger partial charge in [-0.05, 0) is 33.0 Å². The summed E-state index contributed by atoms with van der Waals surface area (Å²) in [5.74, 6) is 0. The van der Waals surface area contributed by atoms with Crippen LogP contribution in [-0.2, 0) is 0 Å². The van der Waals surface area contributed by atoms with Crippen molar-refractivity contribution < 1.29 is 0 Å². The molecule has 0 bridgehead atoms. The lowest BCUT2D eigenvalue weighted by molar-refractivity contribution is 0.0948. The summed E-state index contributed by atoms with van der Waals surface area (Å²) in [7, 11) is 2.22. The fraction of sp³-hybridized carbons (Fsp3) is 1.00. The van der Waals surface area contributed by atoms with Gasteiger partial charge < -0.3 is 10.2 Å². The van der Waals surface area contributed by atoms with Crippen LogP contribution in [0.5, 0.6) is 0 Å². The lowest BCUT2D eigenvalue weighted by atomic mass is 10.0. The van der Waals surface area contributed by atoms with Gasteiger partial charge in [-0.25, -0.2) is 0 Å². The number of rotatable bonds is 1. The van der Waals surface area contributed by atoms with Crippen molar-refractivity contribution in [1.82, 2.24) is 15.1 Å². The first-order valence-corrected chi connectivity index (χ1v) is 6.49. The first-order valence-electron chi connectivity index (χ1n) is 6.49. The summed E-state index contributed by atoms with van der Waals surface area (Å²) in [6.07, 6.45) is 2.70. The van der Waals surface area contributed by atoms with Gasteiger partial charge in [0.1, 0.15) is 0 Å². The minimum Gasteiger partial charge on any atom is -0.317 e. The minimum atomic E-state index is 0.870. The quantitative estimate of drug-likeness (QED) is 0.701. The molecule has 0 atom stereocenters. The molecule has 0 saturated carbocycles. The van der Waals surface area contributed by atoms with Crippen molar-refractivity contribution in [1.29, 1.82) is 0 Å². The van der Waals surface area contributed by atoms with Crippen LogP contribution >= 0.6 is 0 Å². The van der Waals surface area contributed by atoms with E-state index < -0.39 is 0 Å². The van der Waals surface area contributed by atoms with Crippen LogP contribution in [0.3, 0.4) is 0 Å². The zero-order valence-electron chi connectivity index (χ0n) is 10.6. The van der Waals surface area contributed by atoms with Crippen LogP contribution in [0, 0.1) is 0 Å². The highest BCUT2D eigenvalue weighted by atomic mass is 15.3. The van der Waals surface area contributed by atoms with E-state index in [2.05, 4.69) is 22.2 Å². The van der Waals surface area contributed by atoms with E-state index in [9.17, 15) is 0 Å². The highest BCUT2D eigenvalue weighted by Crippen LogP contribution is 2.13. The molecule has 1 N–H and O–H groups in total. The van der Waals surface area contributed by atoms with Gasteiger partial charge in [0.25, 0.3) is 0 Å². The summed E-state index contributed by atoms with van der Waals surface area (Å²) < 4.78 is 0. The summed E-state index contributed by atoms with van der Waals surface area (Å²) in [4.78, 5) is 5.11. The molecule has 2 saturated heterocycles. The number of nitrogens with one attached hydrogen (secondary N) is 1. The van der Waals surface area contributed by atoms with Crippen LogP contribution in [0.4, 0.5) is 0 Å². The summed E-state index contributed by atoms with van der Waals surface area (Å²) in [6, 6.07) is 0.870. The van der Waals surface area contributed by atoms with Crippen LogP contribution in [0.2, 0.25) is 0 Å². The predicted octanol–water partition coefficient (Wildman–Crippen LogP) is 1.01. The lowest BCUT2D eigenvalue weighted by Crippen LogP contribution is -2.51. The first-order chi connectivity index (χ1) is 7.36. The van der Waals surface area contributed by atoms with E-state index in [1.54, 1.807) is 0 Å². The highest BCUT2D eigenvalue weighted by molar-refractivity contribution is 4.81. The van der Waals surface area contributed by atoms with Crippen LogP contribution in [-0.4, -0.2) is 62.2 Å². The van der Waals surface area contributed by atoms with Crippen molar-refractivity contribution in [2.45, 2.75) is 32.7 Å². The fourth-order valence-electron chi connectivity index (χ4n) is 2.36. The van der Waals surface area contributed by atoms with Crippen LogP contribution in [0.15, 0.2) is 0 Å². The van der Waals surface area contributed by atoms with Gasteiger partial charge in [-0.15, -0.1) is 0 Å². The average Bonchev–Trinajstić information content (AvgIpc) is 2.34. The topological polar surface area (TPSA) is 18.5 Å². The molecule has 0 spiro atoms. The van der Waals surface area contributed by atoms with Crippen molar-refractivity contribution in [3.05, 3.63) is 0 Å². The molecule has 0 aromatic heterocycles. The van der Waals surface area contributed by atoms with Crippen molar-refractivity contribution in [3.63, 3.8) is 0 Å². The Morgan fingerprint density at radius 2 is 1.47 bits per heavy atom. The van der Waals surface area contributed by atoms with Crippen LogP contribution in [0.25, 0.3) is 0 Å². The maximum absolute atomic E-state index is 3.43. The van der Waals surface area contributed by atoms with E-state index in [4.69, 9.17) is 0 Å². The fourth-order valence-corrected chi connectivity index (χ4v) is 2.36. The Kier molecular flexibility index (Phi) is 6.22. The number of hydrogen-bond acceptors (Lipinski definition) is 3. The van der Waals surface area contributed by atoms with E-state index in [0.29, 0.717) is 0 Å². The minimum absolute atomic E-state index is 0.870. The third kappa shape index (κ3) is 4.09. The molecule has 0 aromatic carbocycles. The Hall–Kier alpha value is -0.120. The van der Waals surface area contributed by atoms with Gasteiger partial charge in [-0.2, -0.15) is 0 Å². The smallest absolute Gasteiger partial charge is 0.0120 e. The largest absolute Gasteiger partial charge is 0.317 e. The van der Waals surface area contributed by atoms with E-state index in [0.717, 1.165) is 6.04 Å². The highest BCUT2D eigenvalue weighted by Gasteiger charge is 2.23. The van der Waals surface area contributed by atoms with E-state index in [1.165, 1.54) is 52.1 Å². The summed E-state index contributed by atoms with van der Waals surface area (Å²) in [5, 5.41) is 3.43. The standard InChI is InChI=1S/C10H21N3.C2H6/c1-12-6-8-13(9-7-12)10-2-4-11-5-3-10;1-2/h10-11H,2-9H2,1H3;1-2H3. The number of hydrogen-bond donors (Lipinski definition) is 1. The molecule has 0 aromatic rings. The van der Waals surface area contributed by atoms with Crippen molar-refractivity contribution in [2.75, 3.05) is 46.3 Å². The molecule has 2 aliphatic heterocycles. The maximum atomic E-state index is 3.43. The Labute approximate surface area is 94.8 Å². The lowest BCUT2D eigenvalue weighted by Gasteiger charge is -2.39. The van der Waals surface area contributed by atoms with Gasteiger partial charge in [-0.1, -0.05) is 13.8 Å². The van der Waals surface area contributed by atoms with E-state index >= 15 is 0 Å². The molecule has 2 heterocycles. The summed E-state index contributed by atoms with van der Waals surface area (Å²) >= 11 is 0. The number of likely N-dealkylation sites (N-methyl/N-ethyl adjacent to an activating group) is 1. The van der Waals surface area contributed by atoms with Crippen molar-refractivity contribution in [3.8, 4) is 0 Å². The van der Waals surface area contributed by atoms with Crippen molar-refractivity contribution in [2.24, 2.45) is 0 Å². The predicted molar refractivity (Wildman–Crippen MR) is 66.3 cm³/mol. The van der Waals surface area contributed by atoms with E-state index in [1.807, 2.05) is 13.8 Å². The average molecular weight is 213 g/mol. The van der Waals surface area contributed by atoms with Crippen LogP contribution in [0.1, 0.15) is 26.7 Å². The second-order valence-electron chi connectivity index (χ2n) is 4.32. The second-order valence-corrected chi connectivity index (χ2v) is 4.32. The third-order valence-electron chi connectivity index (χ3n) is 3.36. The maximum Gasteiger partial charge on any atom is 0.0120 e. The molecule has 15 heavy (non-hydrogen) atoms. The zero-order valence-corrected chi connectivity index (χ0v) is 10.6. The Morgan fingerprint density at radius 1 is 0.933 bits per heavy atom. The monoisotopic (exact) mass is 213 g/mol. The molecular formula is C12H27N3. The summed E-state index contributed by atoms with van der Waals surface area (Å²) in [5.41, 5.74) is 0. The molecule has 90 valence electrons. The molecule has 2 fully saturated rings. The molecule has 2 rings (SSSR count). The second kappa shape index (κ2) is 7.20. The SMILES string of the molecule is CC.CN1CCN(C2CCNCC2)CC1. The third-order valence-corrected chi connectivity index (χ3v) is 3.36. The molecule has 0 amide bonds. The number of piperazine rings is 1. The molecule has 3 heteroatoms. The van der Waals surface area contributed by atoms with Crippen molar-refractivity contribution >= 4 is 0 Å². The van der Waals surface area contributed by atoms with Gasteiger partial charge in [-0.3, -0.25) is 4.90 Å². The molecular weight excluding hydrogens is 186 g/mol. The Balaban J connectivity index is 0.000000531.